The van der Waals surface area contributed by atoms with Crippen LogP contribution < -0.4 is 19.7 Å². The van der Waals surface area contributed by atoms with Gasteiger partial charge in [0.05, 0.1) is 31.2 Å². The first-order valence-electron chi connectivity index (χ1n) is 11.9. The molecule has 2 aliphatic rings. The number of nitrogens with zero attached hydrogens (tertiary/aromatic N) is 4. The van der Waals surface area contributed by atoms with Gasteiger partial charge in [0.1, 0.15) is 12.7 Å². The molecule has 1 unspecified atom stereocenters. The standard InChI is InChI=1S/C25H29N5O4S/c1-2-18-7-3-4-8-20(18)30-24(29-11-13-32-14-12-29)27-28-25(30)35-17-23(31)26-15-19-16-33-21-9-5-6-10-22(21)34-19/h3-10,19H,2,11-17H2,1H3,(H,26,31). The summed E-state index contributed by atoms with van der Waals surface area (Å²) in [4.78, 5) is 14.9. The fourth-order valence-corrected chi connectivity index (χ4v) is 4.91. The number of carbonyl (C=O) groups excluding carboxylic acids is 1. The molecular weight excluding hydrogens is 466 g/mol. The van der Waals surface area contributed by atoms with Gasteiger partial charge < -0.3 is 24.4 Å². The van der Waals surface area contributed by atoms with E-state index in [9.17, 15) is 4.79 Å². The largest absolute Gasteiger partial charge is 0.486 e. The van der Waals surface area contributed by atoms with E-state index < -0.39 is 0 Å². The highest BCUT2D eigenvalue weighted by atomic mass is 32.2. The van der Waals surface area contributed by atoms with Gasteiger partial charge in [-0.2, -0.15) is 0 Å². The van der Waals surface area contributed by atoms with Crippen molar-refractivity contribution in [1.82, 2.24) is 20.1 Å². The van der Waals surface area contributed by atoms with Crippen LogP contribution in [0.15, 0.2) is 53.7 Å². The molecule has 0 aliphatic carbocycles. The Morgan fingerprint density at radius 3 is 2.69 bits per heavy atom. The third-order valence-corrected chi connectivity index (χ3v) is 6.88. The van der Waals surface area contributed by atoms with Gasteiger partial charge in [-0.05, 0) is 30.2 Å². The number of hydrogen-bond donors (Lipinski definition) is 1. The van der Waals surface area contributed by atoms with Gasteiger partial charge >= 0.3 is 0 Å². The molecule has 0 spiro atoms. The van der Waals surface area contributed by atoms with Crippen LogP contribution in [-0.4, -0.2) is 72.0 Å². The first-order valence-corrected chi connectivity index (χ1v) is 12.9. The summed E-state index contributed by atoms with van der Waals surface area (Å²) in [6.45, 7) is 5.73. The van der Waals surface area contributed by atoms with Gasteiger partial charge in [-0.3, -0.25) is 9.36 Å². The van der Waals surface area contributed by atoms with Crippen molar-refractivity contribution in [2.75, 3.05) is 50.1 Å². The summed E-state index contributed by atoms with van der Waals surface area (Å²) >= 11 is 1.38. The second-order valence-corrected chi connectivity index (χ2v) is 9.23. The summed E-state index contributed by atoms with van der Waals surface area (Å²) in [5.74, 6) is 2.34. The minimum atomic E-state index is -0.230. The monoisotopic (exact) mass is 495 g/mol. The summed E-state index contributed by atoms with van der Waals surface area (Å²) in [7, 11) is 0. The molecule has 3 aromatic rings. The smallest absolute Gasteiger partial charge is 0.232 e. The lowest BCUT2D eigenvalue weighted by Crippen LogP contribution is -2.41. The lowest BCUT2D eigenvalue weighted by atomic mass is 10.1. The molecule has 10 heteroatoms. The van der Waals surface area contributed by atoms with Crippen molar-refractivity contribution in [3.05, 3.63) is 54.1 Å². The van der Waals surface area contributed by atoms with Gasteiger partial charge in [0.2, 0.25) is 11.9 Å². The molecule has 3 heterocycles. The highest BCUT2D eigenvalue weighted by molar-refractivity contribution is 7.99. The number of rotatable bonds is 8. The van der Waals surface area contributed by atoms with E-state index in [1.165, 1.54) is 17.3 Å². The Hall–Kier alpha value is -3.24. The maximum Gasteiger partial charge on any atom is 0.232 e. The molecule has 184 valence electrons. The molecule has 0 radical (unpaired) electrons. The van der Waals surface area contributed by atoms with Crippen molar-refractivity contribution in [3.8, 4) is 17.2 Å². The zero-order valence-electron chi connectivity index (χ0n) is 19.7. The fraction of sp³-hybridized carbons (Fsp3) is 0.400. The molecule has 1 saturated heterocycles. The van der Waals surface area contributed by atoms with Crippen LogP contribution in [0.3, 0.4) is 0 Å². The Labute approximate surface area is 208 Å². The van der Waals surface area contributed by atoms with Crippen molar-refractivity contribution in [2.45, 2.75) is 24.6 Å². The second kappa shape index (κ2) is 11.0. The number of nitrogens with one attached hydrogen (secondary N) is 1. The van der Waals surface area contributed by atoms with Crippen LogP contribution in [0.4, 0.5) is 5.95 Å². The van der Waals surface area contributed by atoms with Gasteiger partial charge in [-0.25, -0.2) is 0 Å². The minimum Gasteiger partial charge on any atom is -0.486 e. The molecule has 1 fully saturated rings. The highest BCUT2D eigenvalue weighted by Gasteiger charge is 2.24. The lowest BCUT2D eigenvalue weighted by molar-refractivity contribution is -0.119. The normalized spacial score (nSPS) is 17.3. The number of anilines is 1. The zero-order chi connectivity index (χ0) is 24.0. The molecule has 1 aromatic heterocycles. The molecule has 5 rings (SSSR count). The van der Waals surface area contributed by atoms with Gasteiger partial charge in [0.15, 0.2) is 16.7 Å². The van der Waals surface area contributed by atoms with Crippen LogP contribution in [-0.2, 0) is 16.0 Å². The van der Waals surface area contributed by atoms with Crippen LogP contribution >= 0.6 is 11.8 Å². The number of amides is 1. The number of para-hydroxylation sites is 3. The van der Waals surface area contributed by atoms with E-state index in [1.54, 1.807) is 0 Å². The van der Waals surface area contributed by atoms with Crippen LogP contribution in [0.2, 0.25) is 0 Å². The van der Waals surface area contributed by atoms with Crippen molar-refractivity contribution in [3.63, 3.8) is 0 Å². The number of ether oxygens (including phenoxy) is 3. The first kappa shape index (κ1) is 23.5. The summed E-state index contributed by atoms with van der Waals surface area (Å²) in [6, 6.07) is 15.8. The number of fused-ring (bicyclic) bond motifs is 1. The average molecular weight is 496 g/mol. The highest BCUT2D eigenvalue weighted by Crippen LogP contribution is 2.31. The summed E-state index contributed by atoms with van der Waals surface area (Å²) in [5, 5.41) is 12.6. The van der Waals surface area contributed by atoms with E-state index in [4.69, 9.17) is 14.2 Å². The summed E-state index contributed by atoms with van der Waals surface area (Å²) in [5.41, 5.74) is 2.23. The quantitative estimate of drug-likeness (QED) is 0.477. The van der Waals surface area contributed by atoms with E-state index in [2.05, 4.69) is 44.0 Å². The molecular formula is C25H29N5O4S. The number of thioether (sulfide) groups is 1. The van der Waals surface area contributed by atoms with Crippen LogP contribution in [0.25, 0.3) is 5.69 Å². The fourth-order valence-electron chi connectivity index (χ4n) is 4.14. The van der Waals surface area contributed by atoms with E-state index in [0.717, 1.165) is 36.9 Å². The molecule has 35 heavy (non-hydrogen) atoms. The van der Waals surface area contributed by atoms with Gasteiger partial charge in [-0.15, -0.1) is 10.2 Å². The molecule has 1 atom stereocenters. The zero-order valence-corrected chi connectivity index (χ0v) is 20.5. The number of hydrogen-bond acceptors (Lipinski definition) is 8. The SMILES string of the molecule is CCc1ccccc1-n1c(SCC(=O)NCC2COc3ccccc3O2)nnc1N1CCOCC1. The minimum absolute atomic E-state index is 0.0938. The number of aryl methyl sites for hydroxylation is 1. The molecule has 9 nitrogen and oxygen atoms in total. The Balaban J connectivity index is 1.26. The summed E-state index contributed by atoms with van der Waals surface area (Å²) in [6.07, 6.45) is 0.653. The predicted molar refractivity (Wildman–Crippen MR) is 134 cm³/mol. The van der Waals surface area contributed by atoms with Crippen molar-refractivity contribution in [1.29, 1.82) is 0 Å². The number of benzene rings is 2. The van der Waals surface area contributed by atoms with Gasteiger partial charge in [0, 0.05) is 13.1 Å². The predicted octanol–water partition coefficient (Wildman–Crippen LogP) is 2.71. The Kier molecular flexibility index (Phi) is 7.39. The molecule has 2 aromatic carbocycles. The summed E-state index contributed by atoms with van der Waals surface area (Å²) < 4.78 is 19.2. The number of carbonyl (C=O) groups is 1. The number of morpholine rings is 1. The maximum absolute atomic E-state index is 12.7. The molecule has 1 N–H and O–H groups in total. The molecule has 0 saturated carbocycles. The third kappa shape index (κ3) is 5.38. The van der Waals surface area contributed by atoms with Crippen LogP contribution in [0.1, 0.15) is 12.5 Å². The van der Waals surface area contributed by atoms with Crippen LogP contribution in [0.5, 0.6) is 11.5 Å². The average Bonchev–Trinajstić information content (AvgIpc) is 3.34. The molecule has 0 bridgehead atoms. The van der Waals surface area contributed by atoms with E-state index in [0.29, 0.717) is 37.3 Å². The van der Waals surface area contributed by atoms with E-state index in [-0.39, 0.29) is 17.8 Å². The first-order chi connectivity index (χ1) is 17.2. The van der Waals surface area contributed by atoms with E-state index in [1.807, 2.05) is 36.4 Å². The number of aromatic nitrogens is 3. The lowest BCUT2D eigenvalue weighted by Gasteiger charge is -2.28. The topological polar surface area (TPSA) is 90.7 Å². The molecule has 2 aliphatic heterocycles. The van der Waals surface area contributed by atoms with Crippen LogP contribution in [0, 0.1) is 0 Å². The van der Waals surface area contributed by atoms with Crippen molar-refractivity contribution >= 4 is 23.6 Å². The van der Waals surface area contributed by atoms with E-state index >= 15 is 0 Å². The van der Waals surface area contributed by atoms with Gasteiger partial charge in [-0.1, -0.05) is 49.0 Å². The Morgan fingerprint density at radius 2 is 1.86 bits per heavy atom. The Bertz CT molecular complexity index is 1160. The Morgan fingerprint density at radius 1 is 1.09 bits per heavy atom. The van der Waals surface area contributed by atoms with Crippen molar-refractivity contribution in [2.24, 2.45) is 0 Å². The maximum atomic E-state index is 12.7. The molecule has 1 amide bonds. The second-order valence-electron chi connectivity index (χ2n) is 8.29. The van der Waals surface area contributed by atoms with Gasteiger partial charge in [0.25, 0.3) is 0 Å². The van der Waals surface area contributed by atoms with Crippen molar-refractivity contribution < 1.29 is 19.0 Å². The third-order valence-electron chi connectivity index (χ3n) is 5.95.